The molecule has 6 nitrogen and oxygen atoms in total. The van der Waals surface area contributed by atoms with Crippen molar-refractivity contribution in [2.24, 2.45) is 0 Å². The lowest BCUT2D eigenvalue weighted by Crippen LogP contribution is -2.36. The van der Waals surface area contributed by atoms with E-state index < -0.39 is 17.7 Å². The second-order valence-electron chi connectivity index (χ2n) is 7.45. The molecule has 0 aliphatic carbocycles. The number of carbonyl (C=O) groups is 2. The summed E-state index contributed by atoms with van der Waals surface area (Å²) in [4.78, 5) is 27.4. The van der Waals surface area contributed by atoms with Crippen molar-refractivity contribution in [1.82, 2.24) is 4.90 Å². The molecule has 2 heterocycles. The van der Waals surface area contributed by atoms with Gasteiger partial charge in [-0.05, 0) is 49.6 Å². The van der Waals surface area contributed by atoms with Crippen molar-refractivity contribution in [2.45, 2.75) is 31.9 Å². The maximum atomic E-state index is 13.0. The Labute approximate surface area is 175 Å². The summed E-state index contributed by atoms with van der Waals surface area (Å²) in [5, 5.41) is 11.0. The third kappa shape index (κ3) is 3.83. The molecule has 156 valence electrons. The van der Waals surface area contributed by atoms with Gasteiger partial charge in [0.15, 0.2) is 0 Å². The molecule has 0 aromatic heterocycles. The Hall–Kier alpha value is -3.12. The highest BCUT2D eigenvalue weighted by atomic mass is 16.5. The topological polar surface area (TPSA) is 76.1 Å². The van der Waals surface area contributed by atoms with Crippen LogP contribution in [0.1, 0.15) is 36.9 Å². The van der Waals surface area contributed by atoms with Crippen LogP contribution < -0.4 is 4.74 Å². The third-order valence-electron chi connectivity index (χ3n) is 5.52. The maximum Gasteiger partial charge on any atom is 0.295 e. The first-order valence-electron chi connectivity index (χ1n) is 10.3. The summed E-state index contributed by atoms with van der Waals surface area (Å²) in [6.45, 7) is 3.41. The van der Waals surface area contributed by atoms with Crippen LogP contribution in [-0.4, -0.2) is 47.6 Å². The van der Waals surface area contributed by atoms with Gasteiger partial charge >= 0.3 is 0 Å². The number of Topliss-reactive ketones (excluding diaryl/α,β-unsaturated/α-hetero) is 1. The number of carbonyl (C=O) groups excluding carboxylic acids is 2. The van der Waals surface area contributed by atoms with Crippen LogP contribution in [0.15, 0.2) is 60.2 Å². The molecule has 30 heavy (non-hydrogen) atoms. The van der Waals surface area contributed by atoms with Gasteiger partial charge in [0.05, 0.1) is 24.3 Å². The standard InChI is InChI=1S/C24H25NO5/c1-2-29-18-12-10-17(11-13-18)22(26)20-21(16-7-4-3-5-8-16)25(24(28)23(20)27)15-19-9-6-14-30-19/h3-5,7-8,10-13,19,21,26H,2,6,9,14-15H2,1H3. The van der Waals surface area contributed by atoms with Crippen molar-refractivity contribution in [2.75, 3.05) is 19.8 Å². The van der Waals surface area contributed by atoms with Crippen LogP contribution >= 0.6 is 0 Å². The van der Waals surface area contributed by atoms with Gasteiger partial charge in [0.2, 0.25) is 0 Å². The van der Waals surface area contributed by atoms with E-state index >= 15 is 0 Å². The molecule has 2 aliphatic heterocycles. The Balaban J connectivity index is 1.76. The smallest absolute Gasteiger partial charge is 0.295 e. The van der Waals surface area contributed by atoms with E-state index in [2.05, 4.69) is 0 Å². The second-order valence-corrected chi connectivity index (χ2v) is 7.45. The van der Waals surface area contributed by atoms with E-state index in [-0.39, 0.29) is 17.4 Å². The molecule has 2 atom stereocenters. The highest BCUT2D eigenvalue weighted by Crippen LogP contribution is 2.40. The highest BCUT2D eigenvalue weighted by Gasteiger charge is 2.46. The first kappa shape index (κ1) is 20.2. The quantitative estimate of drug-likeness (QED) is 0.449. The zero-order valence-electron chi connectivity index (χ0n) is 16.9. The minimum atomic E-state index is -0.673. The molecule has 0 bridgehead atoms. The molecule has 1 N–H and O–H groups in total. The van der Waals surface area contributed by atoms with Crippen LogP contribution in [0.5, 0.6) is 5.75 Å². The van der Waals surface area contributed by atoms with Crippen molar-refractivity contribution in [1.29, 1.82) is 0 Å². The molecule has 2 unspecified atom stereocenters. The van der Waals surface area contributed by atoms with Crippen molar-refractivity contribution >= 4 is 17.4 Å². The lowest BCUT2D eigenvalue weighted by Gasteiger charge is -2.27. The predicted octanol–water partition coefficient (Wildman–Crippen LogP) is 3.69. The third-order valence-corrected chi connectivity index (χ3v) is 5.52. The van der Waals surface area contributed by atoms with Gasteiger partial charge in [0.25, 0.3) is 11.7 Å². The van der Waals surface area contributed by atoms with Crippen molar-refractivity contribution in [3.63, 3.8) is 0 Å². The Bertz CT molecular complexity index is 945. The number of aliphatic hydroxyl groups excluding tert-OH is 1. The first-order valence-corrected chi connectivity index (χ1v) is 10.3. The summed E-state index contributed by atoms with van der Waals surface area (Å²) >= 11 is 0. The average Bonchev–Trinajstić information content (AvgIpc) is 3.37. The summed E-state index contributed by atoms with van der Waals surface area (Å²) in [5.74, 6) is -0.785. The number of nitrogens with zero attached hydrogens (tertiary/aromatic N) is 1. The van der Waals surface area contributed by atoms with Crippen molar-refractivity contribution in [3.8, 4) is 5.75 Å². The van der Waals surface area contributed by atoms with Crippen LogP contribution in [0.4, 0.5) is 0 Å². The van der Waals surface area contributed by atoms with Crippen LogP contribution in [0.3, 0.4) is 0 Å². The van der Waals surface area contributed by atoms with Gasteiger partial charge in [-0.15, -0.1) is 0 Å². The predicted molar refractivity (Wildman–Crippen MR) is 112 cm³/mol. The van der Waals surface area contributed by atoms with Crippen LogP contribution in [0.25, 0.3) is 5.76 Å². The van der Waals surface area contributed by atoms with E-state index in [4.69, 9.17) is 9.47 Å². The van der Waals surface area contributed by atoms with Crippen LogP contribution in [0, 0.1) is 0 Å². The molecule has 2 fully saturated rings. The Morgan fingerprint density at radius 2 is 1.87 bits per heavy atom. The van der Waals surface area contributed by atoms with Crippen molar-refractivity contribution in [3.05, 3.63) is 71.3 Å². The number of amides is 1. The Kier molecular flexibility index (Phi) is 5.86. The monoisotopic (exact) mass is 407 g/mol. The maximum absolute atomic E-state index is 13.0. The highest BCUT2D eigenvalue weighted by molar-refractivity contribution is 6.46. The fourth-order valence-corrected chi connectivity index (χ4v) is 4.09. The second kappa shape index (κ2) is 8.71. The molecular formula is C24H25NO5. The van der Waals surface area contributed by atoms with Gasteiger partial charge in [0.1, 0.15) is 11.5 Å². The number of aliphatic hydroxyl groups is 1. The van der Waals surface area contributed by atoms with Crippen LogP contribution in [-0.2, 0) is 14.3 Å². The molecule has 2 aromatic rings. The van der Waals surface area contributed by atoms with E-state index in [0.717, 1.165) is 18.4 Å². The molecule has 6 heteroatoms. The first-order chi connectivity index (χ1) is 14.6. The molecule has 4 rings (SSSR count). The van der Waals surface area contributed by atoms with E-state index in [1.165, 1.54) is 4.90 Å². The van der Waals surface area contributed by atoms with E-state index in [1.807, 2.05) is 37.3 Å². The fourth-order valence-electron chi connectivity index (χ4n) is 4.09. The fraction of sp³-hybridized carbons (Fsp3) is 0.333. The zero-order valence-corrected chi connectivity index (χ0v) is 16.9. The van der Waals surface area contributed by atoms with Crippen LogP contribution in [0.2, 0.25) is 0 Å². The number of rotatable bonds is 6. The number of hydrogen-bond acceptors (Lipinski definition) is 5. The SMILES string of the molecule is CCOc1ccc(C(O)=C2C(=O)C(=O)N(CC3CCCO3)C2c2ccccc2)cc1. The number of likely N-dealkylation sites (tertiary alicyclic amines) is 1. The zero-order chi connectivity index (χ0) is 21.1. The van der Waals surface area contributed by atoms with Gasteiger partial charge in [-0.3, -0.25) is 9.59 Å². The van der Waals surface area contributed by atoms with Gasteiger partial charge in [-0.25, -0.2) is 0 Å². The molecule has 2 saturated heterocycles. The molecule has 1 amide bonds. The molecule has 0 saturated carbocycles. The summed E-state index contributed by atoms with van der Waals surface area (Å²) in [7, 11) is 0. The molecule has 2 aromatic carbocycles. The summed E-state index contributed by atoms with van der Waals surface area (Å²) in [5.41, 5.74) is 1.35. The summed E-state index contributed by atoms with van der Waals surface area (Å²) in [6, 6.07) is 15.5. The Morgan fingerprint density at radius 1 is 1.13 bits per heavy atom. The summed E-state index contributed by atoms with van der Waals surface area (Å²) < 4.78 is 11.1. The lowest BCUT2D eigenvalue weighted by molar-refractivity contribution is -0.140. The summed E-state index contributed by atoms with van der Waals surface area (Å²) in [6.07, 6.45) is 1.69. The average molecular weight is 407 g/mol. The van der Waals surface area contributed by atoms with E-state index in [1.54, 1.807) is 24.3 Å². The molecular weight excluding hydrogens is 382 g/mol. The Morgan fingerprint density at radius 3 is 2.50 bits per heavy atom. The number of ether oxygens (including phenoxy) is 2. The number of benzene rings is 2. The van der Waals surface area contributed by atoms with Gasteiger partial charge in [0, 0.05) is 18.7 Å². The van der Waals surface area contributed by atoms with Crippen molar-refractivity contribution < 1.29 is 24.2 Å². The molecule has 0 radical (unpaired) electrons. The number of hydrogen-bond donors (Lipinski definition) is 1. The van der Waals surface area contributed by atoms with E-state index in [0.29, 0.717) is 31.1 Å². The molecule has 0 spiro atoms. The van der Waals surface area contributed by atoms with Gasteiger partial charge in [-0.2, -0.15) is 0 Å². The minimum absolute atomic E-state index is 0.0973. The normalized spacial score (nSPS) is 23.2. The largest absolute Gasteiger partial charge is 0.507 e. The van der Waals surface area contributed by atoms with Gasteiger partial charge in [-0.1, -0.05) is 30.3 Å². The number of ketones is 1. The minimum Gasteiger partial charge on any atom is -0.507 e. The van der Waals surface area contributed by atoms with E-state index in [9.17, 15) is 14.7 Å². The molecule has 2 aliphatic rings. The van der Waals surface area contributed by atoms with Gasteiger partial charge < -0.3 is 19.5 Å². The lowest BCUT2D eigenvalue weighted by atomic mass is 9.95.